The van der Waals surface area contributed by atoms with Gasteiger partial charge in [0.05, 0.1) is 6.10 Å². The first-order valence-electron chi connectivity index (χ1n) is 4.56. The maximum absolute atomic E-state index is 11.1. The monoisotopic (exact) mass is 186 g/mol. The van der Waals surface area contributed by atoms with Crippen molar-refractivity contribution in [2.45, 2.75) is 38.8 Å². The predicted molar refractivity (Wildman–Crippen MR) is 49.9 cm³/mol. The number of carbonyl (C=O) groups excluding carboxylic acids is 1. The average Bonchev–Trinajstić information content (AvgIpc) is 2.03. The fourth-order valence-corrected chi connectivity index (χ4v) is 1.85. The molecule has 76 valence electrons. The van der Waals surface area contributed by atoms with Crippen LogP contribution in [0.15, 0.2) is 0 Å². The van der Waals surface area contributed by atoms with Gasteiger partial charge < -0.3 is 16.2 Å². The maximum atomic E-state index is 11.1. The van der Waals surface area contributed by atoms with Gasteiger partial charge in [0.25, 0.3) is 0 Å². The molecule has 0 aliphatic heterocycles. The highest BCUT2D eigenvalue weighted by atomic mass is 16.5. The molecule has 1 rings (SSSR count). The van der Waals surface area contributed by atoms with E-state index in [0.717, 1.165) is 0 Å². The number of rotatable bonds is 3. The van der Waals surface area contributed by atoms with Gasteiger partial charge in [-0.3, -0.25) is 4.79 Å². The van der Waals surface area contributed by atoms with Crippen LogP contribution in [0, 0.1) is 5.41 Å². The molecule has 0 aromatic rings. The second kappa shape index (κ2) is 2.96. The largest absolute Gasteiger partial charge is 0.378 e. The van der Waals surface area contributed by atoms with E-state index in [2.05, 4.69) is 0 Å². The van der Waals surface area contributed by atoms with E-state index >= 15 is 0 Å². The minimum absolute atomic E-state index is 0.0509. The molecule has 0 saturated heterocycles. The number of nitrogens with two attached hydrogens (primary N) is 2. The van der Waals surface area contributed by atoms with E-state index in [1.54, 1.807) is 0 Å². The zero-order valence-electron chi connectivity index (χ0n) is 8.46. The summed E-state index contributed by atoms with van der Waals surface area (Å²) >= 11 is 0. The van der Waals surface area contributed by atoms with E-state index in [0.29, 0.717) is 13.0 Å². The van der Waals surface area contributed by atoms with E-state index in [1.807, 2.05) is 20.8 Å². The molecule has 2 atom stereocenters. The van der Waals surface area contributed by atoms with Gasteiger partial charge in [0, 0.05) is 18.4 Å². The Morgan fingerprint density at radius 3 is 2.46 bits per heavy atom. The molecule has 1 saturated carbocycles. The van der Waals surface area contributed by atoms with Gasteiger partial charge >= 0.3 is 0 Å². The summed E-state index contributed by atoms with van der Waals surface area (Å²) in [5, 5.41) is 0. The summed E-state index contributed by atoms with van der Waals surface area (Å²) in [6.07, 6.45) is 0.582. The van der Waals surface area contributed by atoms with E-state index < -0.39 is 11.4 Å². The van der Waals surface area contributed by atoms with Gasteiger partial charge in [0.15, 0.2) is 0 Å². The van der Waals surface area contributed by atoms with Gasteiger partial charge in [-0.15, -0.1) is 0 Å². The van der Waals surface area contributed by atoms with Crippen LogP contribution in [-0.2, 0) is 9.53 Å². The number of hydrogen-bond donors (Lipinski definition) is 2. The van der Waals surface area contributed by atoms with E-state index in [9.17, 15) is 4.79 Å². The van der Waals surface area contributed by atoms with Crippen LogP contribution in [0.3, 0.4) is 0 Å². The Morgan fingerprint density at radius 2 is 2.15 bits per heavy atom. The van der Waals surface area contributed by atoms with Crippen molar-refractivity contribution in [2.24, 2.45) is 16.9 Å². The van der Waals surface area contributed by atoms with Gasteiger partial charge in [0.2, 0.25) is 5.91 Å². The summed E-state index contributed by atoms with van der Waals surface area (Å²) in [4.78, 5) is 11.1. The molecular weight excluding hydrogens is 168 g/mol. The number of carbonyl (C=O) groups is 1. The second-order valence-electron chi connectivity index (χ2n) is 4.21. The Hall–Kier alpha value is -0.610. The molecule has 4 nitrogen and oxygen atoms in total. The van der Waals surface area contributed by atoms with Crippen molar-refractivity contribution < 1.29 is 9.53 Å². The fraction of sp³-hybridized carbons (Fsp3) is 0.889. The van der Waals surface area contributed by atoms with Gasteiger partial charge in [0.1, 0.15) is 5.54 Å². The summed E-state index contributed by atoms with van der Waals surface area (Å²) in [5.41, 5.74) is 9.89. The van der Waals surface area contributed by atoms with Crippen molar-refractivity contribution in [3.8, 4) is 0 Å². The SMILES string of the molecule is CCOC1CC(N)(C(N)=O)C1(C)C. The normalized spacial score (nSPS) is 36.8. The van der Waals surface area contributed by atoms with Crippen molar-refractivity contribution in [3.63, 3.8) is 0 Å². The third-order valence-electron chi connectivity index (χ3n) is 3.27. The number of ether oxygens (including phenoxy) is 1. The van der Waals surface area contributed by atoms with Gasteiger partial charge in [-0.2, -0.15) is 0 Å². The molecule has 4 N–H and O–H groups in total. The quantitative estimate of drug-likeness (QED) is 0.651. The lowest BCUT2D eigenvalue weighted by atomic mass is 9.54. The average molecular weight is 186 g/mol. The molecule has 1 fully saturated rings. The standard InChI is InChI=1S/C9H18N2O2/c1-4-13-6-5-9(11,7(10)12)8(6,2)3/h6H,4-5,11H2,1-3H3,(H2,10,12). The highest BCUT2D eigenvalue weighted by Crippen LogP contribution is 2.49. The summed E-state index contributed by atoms with van der Waals surface area (Å²) < 4.78 is 5.45. The van der Waals surface area contributed by atoms with E-state index in [-0.39, 0.29) is 11.5 Å². The van der Waals surface area contributed by atoms with Crippen molar-refractivity contribution in [1.82, 2.24) is 0 Å². The van der Waals surface area contributed by atoms with Crippen molar-refractivity contribution >= 4 is 5.91 Å². The number of hydrogen-bond acceptors (Lipinski definition) is 3. The summed E-state index contributed by atoms with van der Waals surface area (Å²) in [6.45, 7) is 6.41. The molecule has 1 aliphatic rings. The molecule has 0 bridgehead atoms. The Balaban J connectivity index is 2.73. The van der Waals surface area contributed by atoms with Gasteiger partial charge in [-0.25, -0.2) is 0 Å². The second-order valence-corrected chi connectivity index (χ2v) is 4.21. The molecule has 13 heavy (non-hydrogen) atoms. The van der Waals surface area contributed by atoms with Crippen LogP contribution in [0.2, 0.25) is 0 Å². The van der Waals surface area contributed by atoms with Crippen molar-refractivity contribution in [1.29, 1.82) is 0 Å². The maximum Gasteiger partial charge on any atom is 0.238 e. The molecule has 0 heterocycles. The van der Waals surface area contributed by atoms with Crippen molar-refractivity contribution in [2.75, 3.05) is 6.61 Å². The first-order valence-corrected chi connectivity index (χ1v) is 4.56. The third-order valence-corrected chi connectivity index (χ3v) is 3.27. The van der Waals surface area contributed by atoms with Gasteiger partial charge in [-0.1, -0.05) is 13.8 Å². The molecule has 2 unspecified atom stereocenters. The highest BCUT2D eigenvalue weighted by Gasteiger charge is 2.62. The zero-order valence-corrected chi connectivity index (χ0v) is 8.46. The zero-order chi connectivity index (χ0) is 10.3. The smallest absolute Gasteiger partial charge is 0.238 e. The Labute approximate surface area is 78.6 Å². The van der Waals surface area contributed by atoms with Crippen LogP contribution in [0.4, 0.5) is 0 Å². The van der Waals surface area contributed by atoms with Crippen LogP contribution in [0.5, 0.6) is 0 Å². The number of primary amides is 1. The Kier molecular flexibility index (Phi) is 2.38. The lowest BCUT2D eigenvalue weighted by Crippen LogP contribution is -2.75. The summed E-state index contributed by atoms with van der Waals surface area (Å²) in [5.74, 6) is -0.437. The summed E-state index contributed by atoms with van der Waals surface area (Å²) in [7, 11) is 0. The number of amides is 1. The Bertz CT molecular complexity index is 228. The molecule has 0 aromatic heterocycles. The molecule has 1 aliphatic carbocycles. The van der Waals surface area contributed by atoms with Gasteiger partial charge in [-0.05, 0) is 6.92 Å². The minimum Gasteiger partial charge on any atom is -0.378 e. The first kappa shape index (κ1) is 10.5. The third kappa shape index (κ3) is 1.25. The van der Waals surface area contributed by atoms with Crippen LogP contribution < -0.4 is 11.5 Å². The summed E-state index contributed by atoms with van der Waals surface area (Å²) in [6, 6.07) is 0. The van der Waals surface area contributed by atoms with Crippen LogP contribution in [-0.4, -0.2) is 24.2 Å². The van der Waals surface area contributed by atoms with E-state index in [1.165, 1.54) is 0 Å². The predicted octanol–water partition coefficient (Wildman–Crippen LogP) is 0.00420. The van der Waals surface area contributed by atoms with Crippen LogP contribution >= 0.6 is 0 Å². The minimum atomic E-state index is -0.896. The lowest BCUT2D eigenvalue weighted by molar-refractivity contribution is -0.167. The molecule has 4 heteroatoms. The topological polar surface area (TPSA) is 78.3 Å². The molecule has 0 spiro atoms. The lowest BCUT2D eigenvalue weighted by Gasteiger charge is -2.57. The highest BCUT2D eigenvalue weighted by molar-refractivity contribution is 5.87. The van der Waals surface area contributed by atoms with Crippen LogP contribution in [0.1, 0.15) is 27.2 Å². The molecule has 0 aromatic carbocycles. The molecule has 0 radical (unpaired) electrons. The van der Waals surface area contributed by atoms with Crippen LogP contribution in [0.25, 0.3) is 0 Å². The fourth-order valence-electron chi connectivity index (χ4n) is 1.85. The molecule has 1 amide bonds. The molecular formula is C9H18N2O2. The first-order chi connectivity index (χ1) is 5.86. The van der Waals surface area contributed by atoms with Crippen molar-refractivity contribution in [3.05, 3.63) is 0 Å². The Morgan fingerprint density at radius 1 is 1.62 bits per heavy atom. The van der Waals surface area contributed by atoms with E-state index in [4.69, 9.17) is 16.2 Å².